The van der Waals surface area contributed by atoms with Crippen LogP contribution in [-0.2, 0) is 13.5 Å². The second-order valence-electron chi connectivity index (χ2n) is 3.53. The number of aromatic carboxylic acids is 1. The fourth-order valence-corrected chi connectivity index (χ4v) is 1.94. The quantitative estimate of drug-likeness (QED) is 0.730. The number of carboxylic acids is 1. The van der Waals surface area contributed by atoms with Gasteiger partial charge in [0.2, 0.25) is 0 Å². The van der Waals surface area contributed by atoms with Crippen molar-refractivity contribution >= 4 is 11.8 Å². The molecule has 0 spiro atoms. The molecule has 0 fully saturated rings. The van der Waals surface area contributed by atoms with Gasteiger partial charge in [0.25, 0.3) is 0 Å². The van der Waals surface area contributed by atoms with Crippen LogP contribution >= 0.6 is 0 Å². The molecule has 1 aromatic rings. The van der Waals surface area contributed by atoms with E-state index in [1.54, 1.807) is 11.6 Å². The Bertz CT molecular complexity index is 417. The lowest BCUT2D eigenvalue weighted by molar-refractivity contribution is 0.0686. The number of rotatable bonds is 1. The molecular formula is C10H11NO3. The Labute approximate surface area is 81.2 Å². The SMILES string of the molecule is Cn1c(C(=O)O)cc2c1CCCC2=O. The van der Waals surface area contributed by atoms with Gasteiger partial charge in [-0.15, -0.1) is 0 Å². The van der Waals surface area contributed by atoms with Gasteiger partial charge in [-0.25, -0.2) is 4.79 Å². The summed E-state index contributed by atoms with van der Waals surface area (Å²) in [5, 5.41) is 8.87. The molecule has 4 nitrogen and oxygen atoms in total. The lowest BCUT2D eigenvalue weighted by atomic mass is 9.97. The Morgan fingerprint density at radius 1 is 1.50 bits per heavy atom. The molecule has 2 rings (SSSR count). The largest absolute Gasteiger partial charge is 0.477 e. The number of Topliss-reactive ketones (excluding diaryl/α,β-unsaturated/α-hetero) is 1. The minimum Gasteiger partial charge on any atom is -0.477 e. The van der Waals surface area contributed by atoms with E-state index in [0.717, 1.165) is 18.5 Å². The van der Waals surface area contributed by atoms with Gasteiger partial charge in [-0.1, -0.05) is 0 Å². The number of carbonyl (C=O) groups excluding carboxylic acids is 1. The van der Waals surface area contributed by atoms with Crippen LogP contribution in [0.25, 0.3) is 0 Å². The average molecular weight is 193 g/mol. The van der Waals surface area contributed by atoms with E-state index in [-0.39, 0.29) is 11.5 Å². The van der Waals surface area contributed by atoms with Crippen LogP contribution in [0.3, 0.4) is 0 Å². The molecule has 0 radical (unpaired) electrons. The maximum absolute atomic E-state index is 11.5. The Morgan fingerprint density at radius 3 is 2.79 bits per heavy atom. The van der Waals surface area contributed by atoms with E-state index in [2.05, 4.69) is 0 Å². The first-order chi connectivity index (χ1) is 6.61. The highest BCUT2D eigenvalue weighted by Crippen LogP contribution is 2.24. The molecule has 0 unspecified atom stereocenters. The van der Waals surface area contributed by atoms with Crippen LogP contribution in [0.1, 0.15) is 39.4 Å². The number of carbonyl (C=O) groups is 2. The standard InChI is InChI=1S/C10H11NO3/c1-11-7-3-2-4-9(12)6(7)5-8(11)10(13)14/h5H,2-4H2,1H3,(H,13,14). The molecule has 1 aliphatic carbocycles. The molecular weight excluding hydrogens is 182 g/mol. The summed E-state index contributed by atoms with van der Waals surface area (Å²) >= 11 is 0. The van der Waals surface area contributed by atoms with E-state index in [1.807, 2.05) is 0 Å². The number of fused-ring (bicyclic) bond motifs is 1. The van der Waals surface area contributed by atoms with Gasteiger partial charge in [0.15, 0.2) is 5.78 Å². The van der Waals surface area contributed by atoms with Gasteiger partial charge in [0.1, 0.15) is 5.69 Å². The van der Waals surface area contributed by atoms with Gasteiger partial charge in [-0.2, -0.15) is 0 Å². The minimum absolute atomic E-state index is 0.0642. The number of carboxylic acid groups (broad SMARTS) is 1. The molecule has 0 bridgehead atoms. The van der Waals surface area contributed by atoms with Gasteiger partial charge in [0.05, 0.1) is 0 Å². The highest BCUT2D eigenvalue weighted by molar-refractivity contribution is 6.00. The minimum atomic E-state index is -0.977. The lowest BCUT2D eigenvalue weighted by Gasteiger charge is -2.11. The van der Waals surface area contributed by atoms with Crippen molar-refractivity contribution in [3.63, 3.8) is 0 Å². The van der Waals surface area contributed by atoms with Crippen LogP contribution < -0.4 is 0 Å². The Morgan fingerprint density at radius 2 is 2.21 bits per heavy atom. The third-order valence-electron chi connectivity index (χ3n) is 2.70. The van der Waals surface area contributed by atoms with Crippen molar-refractivity contribution in [2.45, 2.75) is 19.3 Å². The van der Waals surface area contributed by atoms with E-state index in [9.17, 15) is 9.59 Å². The second kappa shape index (κ2) is 2.97. The van der Waals surface area contributed by atoms with Crippen molar-refractivity contribution < 1.29 is 14.7 Å². The van der Waals surface area contributed by atoms with E-state index >= 15 is 0 Å². The van der Waals surface area contributed by atoms with Crippen molar-refractivity contribution in [3.05, 3.63) is 23.0 Å². The molecule has 1 aliphatic rings. The van der Waals surface area contributed by atoms with Crippen LogP contribution in [-0.4, -0.2) is 21.4 Å². The van der Waals surface area contributed by atoms with Gasteiger partial charge >= 0.3 is 5.97 Å². The Balaban J connectivity index is 2.59. The third-order valence-corrected chi connectivity index (χ3v) is 2.70. The number of nitrogens with zero attached hydrogens (tertiary/aromatic N) is 1. The maximum Gasteiger partial charge on any atom is 0.352 e. The Kier molecular flexibility index (Phi) is 1.91. The zero-order valence-corrected chi connectivity index (χ0v) is 7.91. The van der Waals surface area contributed by atoms with Crippen molar-refractivity contribution in [1.82, 2.24) is 4.57 Å². The molecule has 1 N–H and O–H groups in total. The van der Waals surface area contributed by atoms with Crippen LogP contribution in [0, 0.1) is 0 Å². The zero-order valence-electron chi connectivity index (χ0n) is 7.91. The summed E-state index contributed by atoms with van der Waals surface area (Å²) in [6.45, 7) is 0. The second-order valence-corrected chi connectivity index (χ2v) is 3.53. The molecule has 0 saturated heterocycles. The molecule has 14 heavy (non-hydrogen) atoms. The number of hydrogen-bond acceptors (Lipinski definition) is 2. The van der Waals surface area contributed by atoms with Crippen LogP contribution in [0.15, 0.2) is 6.07 Å². The Hall–Kier alpha value is -1.58. The normalized spacial score (nSPS) is 15.4. The zero-order chi connectivity index (χ0) is 10.3. The van der Waals surface area contributed by atoms with Crippen molar-refractivity contribution in [1.29, 1.82) is 0 Å². The topological polar surface area (TPSA) is 59.3 Å². The first kappa shape index (κ1) is 8.99. The fourth-order valence-electron chi connectivity index (χ4n) is 1.94. The smallest absolute Gasteiger partial charge is 0.352 e. The monoisotopic (exact) mass is 193 g/mol. The van der Waals surface area contributed by atoms with Crippen molar-refractivity contribution in [3.8, 4) is 0 Å². The van der Waals surface area contributed by atoms with Gasteiger partial charge in [0, 0.05) is 24.7 Å². The number of aromatic nitrogens is 1. The molecule has 74 valence electrons. The molecule has 4 heteroatoms. The molecule has 1 heterocycles. The highest BCUT2D eigenvalue weighted by Gasteiger charge is 2.24. The molecule has 0 saturated carbocycles. The molecule has 0 amide bonds. The predicted octanol–water partition coefficient (Wildman–Crippen LogP) is 1.24. The molecule has 0 aliphatic heterocycles. The summed E-state index contributed by atoms with van der Waals surface area (Å²) in [6.07, 6.45) is 2.16. The van der Waals surface area contributed by atoms with E-state index < -0.39 is 5.97 Å². The van der Waals surface area contributed by atoms with Gasteiger partial charge in [-0.05, 0) is 18.9 Å². The highest BCUT2D eigenvalue weighted by atomic mass is 16.4. The van der Waals surface area contributed by atoms with Crippen LogP contribution in [0.5, 0.6) is 0 Å². The van der Waals surface area contributed by atoms with Crippen molar-refractivity contribution in [2.75, 3.05) is 0 Å². The van der Waals surface area contributed by atoms with Crippen molar-refractivity contribution in [2.24, 2.45) is 7.05 Å². The summed E-state index contributed by atoms with van der Waals surface area (Å²) in [4.78, 5) is 22.3. The summed E-state index contributed by atoms with van der Waals surface area (Å²) in [6, 6.07) is 1.49. The molecule has 0 aromatic carbocycles. The summed E-state index contributed by atoms with van der Waals surface area (Å²) in [5.74, 6) is -0.913. The summed E-state index contributed by atoms with van der Waals surface area (Å²) in [7, 11) is 1.70. The summed E-state index contributed by atoms with van der Waals surface area (Å²) in [5.41, 5.74) is 1.65. The van der Waals surface area contributed by atoms with E-state index in [0.29, 0.717) is 12.0 Å². The fraction of sp³-hybridized carbons (Fsp3) is 0.400. The third kappa shape index (κ3) is 1.14. The first-order valence-corrected chi connectivity index (χ1v) is 4.56. The van der Waals surface area contributed by atoms with E-state index in [4.69, 9.17) is 5.11 Å². The molecule has 0 atom stereocenters. The van der Waals surface area contributed by atoms with E-state index in [1.165, 1.54) is 6.07 Å². The van der Waals surface area contributed by atoms with Gasteiger partial charge < -0.3 is 9.67 Å². The number of hydrogen-bond donors (Lipinski definition) is 1. The molecule has 1 aromatic heterocycles. The lowest BCUT2D eigenvalue weighted by Crippen LogP contribution is -2.12. The maximum atomic E-state index is 11.5. The average Bonchev–Trinajstić information content (AvgIpc) is 2.46. The predicted molar refractivity (Wildman–Crippen MR) is 49.6 cm³/mol. The van der Waals surface area contributed by atoms with Crippen LogP contribution in [0.2, 0.25) is 0 Å². The number of ketones is 1. The van der Waals surface area contributed by atoms with Gasteiger partial charge in [-0.3, -0.25) is 4.79 Å². The first-order valence-electron chi connectivity index (χ1n) is 4.56. The summed E-state index contributed by atoms with van der Waals surface area (Å²) < 4.78 is 1.61. The van der Waals surface area contributed by atoms with Crippen LogP contribution in [0.4, 0.5) is 0 Å².